The highest BCUT2D eigenvalue weighted by Gasteiger charge is 2.13. The summed E-state index contributed by atoms with van der Waals surface area (Å²) in [6.45, 7) is -0.270. The Hall–Kier alpha value is -1.73. The first-order valence-electron chi connectivity index (χ1n) is 5.36. The second kappa shape index (κ2) is 7.65. The SMILES string of the molecule is COC(=O)c1ccccc1OCOC(=O)SN(C)C. The molecule has 0 aliphatic carbocycles. The Bertz CT molecular complexity index is 450. The number of esters is 1. The van der Waals surface area contributed by atoms with Crippen LogP contribution in [-0.4, -0.2) is 43.6 Å². The smallest absolute Gasteiger partial charge is 0.385 e. The van der Waals surface area contributed by atoms with Crippen molar-refractivity contribution in [2.75, 3.05) is 28.0 Å². The first kappa shape index (κ1) is 15.3. The maximum atomic E-state index is 11.5. The summed E-state index contributed by atoms with van der Waals surface area (Å²) < 4.78 is 16.3. The molecule has 0 atom stereocenters. The molecule has 1 aromatic carbocycles. The van der Waals surface area contributed by atoms with Gasteiger partial charge in [0.15, 0.2) is 0 Å². The third-order valence-electron chi connectivity index (χ3n) is 1.94. The van der Waals surface area contributed by atoms with Crippen LogP contribution in [0.4, 0.5) is 4.79 Å². The molecule has 0 unspecified atom stereocenters. The Balaban J connectivity index is 2.54. The van der Waals surface area contributed by atoms with E-state index in [-0.39, 0.29) is 12.4 Å². The number of para-hydroxylation sites is 1. The van der Waals surface area contributed by atoms with Crippen LogP contribution in [0.2, 0.25) is 0 Å². The predicted octanol–water partition coefficient (Wildman–Crippen LogP) is 2.16. The summed E-state index contributed by atoms with van der Waals surface area (Å²) in [4.78, 5) is 22.7. The molecule has 104 valence electrons. The van der Waals surface area contributed by atoms with Crippen LogP contribution in [-0.2, 0) is 9.47 Å². The van der Waals surface area contributed by atoms with Crippen molar-refractivity contribution in [2.24, 2.45) is 0 Å². The van der Waals surface area contributed by atoms with Gasteiger partial charge < -0.3 is 14.2 Å². The van der Waals surface area contributed by atoms with E-state index < -0.39 is 11.3 Å². The fourth-order valence-electron chi connectivity index (χ4n) is 1.19. The van der Waals surface area contributed by atoms with Crippen molar-refractivity contribution in [3.8, 4) is 5.75 Å². The molecule has 0 aliphatic heterocycles. The zero-order valence-corrected chi connectivity index (χ0v) is 11.7. The number of rotatable bonds is 5. The van der Waals surface area contributed by atoms with Crippen LogP contribution in [0, 0.1) is 0 Å². The summed E-state index contributed by atoms with van der Waals surface area (Å²) in [5.41, 5.74) is 0.279. The van der Waals surface area contributed by atoms with Gasteiger partial charge in [0.2, 0.25) is 6.79 Å². The number of hydrogen-bond donors (Lipinski definition) is 0. The molecule has 0 aliphatic rings. The Morgan fingerprint density at radius 3 is 2.58 bits per heavy atom. The maximum Gasteiger partial charge on any atom is 0.385 e. The lowest BCUT2D eigenvalue weighted by molar-refractivity contribution is 0.0573. The van der Waals surface area contributed by atoms with E-state index >= 15 is 0 Å². The second-order valence-electron chi connectivity index (χ2n) is 3.55. The summed E-state index contributed by atoms with van der Waals surface area (Å²) in [6.07, 6.45) is 0. The molecule has 0 heterocycles. The molecular weight excluding hydrogens is 270 g/mol. The number of methoxy groups -OCH3 is 1. The van der Waals surface area contributed by atoms with Gasteiger partial charge in [-0.05, 0) is 26.2 Å². The van der Waals surface area contributed by atoms with Gasteiger partial charge in [0.25, 0.3) is 0 Å². The normalized spacial score (nSPS) is 10.1. The summed E-state index contributed by atoms with van der Waals surface area (Å²) in [6, 6.07) is 6.56. The topological polar surface area (TPSA) is 65.1 Å². The van der Waals surface area contributed by atoms with E-state index in [1.54, 1.807) is 42.7 Å². The highest BCUT2D eigenvalue weighted by Crippen LogP contribution is 2.19. The Kier molecular flexibility index (Phi) is 6.17. The molecular formula is C12H15NO5S. The standard InChI is InChI=1S/C12H15NO5S/c1-13(2)19-12(15)18-8-17-10-7-5-4-6-9(10)11(14)16-3/h4-7H,8H2,1-3H3. The lowest BCUT2D eigenvalue weighted by Gasteiger charge is -2.11. The Morgan fingerprint density at radius 1 is 1.26 bits per heavy atom. The van der Waals surface area contributed by atoms with E-state index in [4.69, 9.17) is 9.47 Å². The van der Waals surface area contributed by atoms with E-state index in [0.717, 1.165) is 11.9 Å². The number of hydrogen-bond acceptors (Lipinski definition) is 7. The molecule has 0 amide bonds. The van der Waals surface area contributed by atoms with Crippen molar-refractivity contribution in [2.45, 2.75) is 0 Å². The first-order chi connectivity index (χ1) is 9.04. The first-order valence-corrected chi connectivity index (χ1v) is 6.14. The Labute approximate surface area is 115 Å². The van der Waals surface area contributed by atoms with E-state index in [2.05, 4.69) is 4.74 Å². The second-order valence-corrected chi connectivity index (χ2v) is 4.79. The zero-order chi connectivity index (χ0) is 14.3. The van der Waals surface area contributed by atoms with Crippen LogP contribution in [0.1, 0.15) is 10.4 Å². The van der Waals surface area contributed by atoms with Gasteiger partial charge in [-0.2, -0.15) is 0 Å². The summed E-state index contributed by atoms with van der Waals surface area (Å²) in [5, 5.41) is -0.486. The van der Waals surface area contributed by atoms with E-state index in [1.165, 1.54) is 7.11 Å². The third-order valence-corrected chi connectivity index (χ3v) is 2.57. The zero-order valence-electron chi connectivity index (χ0n) is 10.9. The number of nitrogens with zero attached hydrogens (tertiary/aromatic N) is 1. The number of carbonyl (C=O) groups is 2. The minimum atomic E-state index is -0.510. The molecule has 0 saturated carbocycles. The van der Waals surface area contributed by atoms with Gasteiger partial charge in [-0.3, -0.25) is 0 Å². The van der Waals surface area contributed by atoms with Gasteiger partial charge in [0, 0.05) is 11.9 Å². The molecule has 6 nitrogen and oxygen atoms in total. The lowest BCUT2D eigenvalue weighted by Crippen LogP contribution is -2.12. The molecule has 0 aromatic heterocycles. The summed E-state index contributed by atoms with van der Waals surface area (Å²) in [7, 11) is 4.73. The fourth-order valence-corrected chi connectivity index (χ4v) is 1.59. The van der Waals surface area contributed by atoms with Crippen molar-refractivity contribution in [3.05, 3.63) is 29.8 Å². The van der Waals surface area contributed by atoms with Gasteiger partial charge in [0.1, 0.15) is 11.3 Å². The molecule has 1 aromatic rings. The van der Waals surface area contributed by atoms with E-state index in [1.807, 2.05) is 0 Å². The van der Waals surface area contributed by atoms with Crippen molar-refractivity contribution in [1.29, 1.82) is 0 Å². The van der Waals surface area contributed by atoms with Crippen LogP contribution in [0.5, 0.6) is 5.75 Å². The molecule has 0 saturated heterocycles. The average Bonchev–Trinajstić information content (AvgIpc) is 2.37. The van der Waals surface area contributed by atoms with Crippen LogP contribution < -0.4 is 4.74 Å². The van der Waals surface area contributed by atoms with Crippen LogP contribution in [0.15, 0.2) is 24.3 Å². The maximum absolute atomic E-state index is 11.5. The van der Waals surface area contributed by atoms with Crippen molar-refractivity contribution in [3.63, 3.8) is 0 Å². The quantitative estimate of drug-likeness (QED) is 0.466. The van der Waals surface area contributed by atoms with Gasteiger partial charge in [-0.15, -0.1) is 0 Å². The number of ether oxygens (including phenoxy) is 3. The third kappa shape index (κ3) is 5.19. The molecule has 7 heteroatoms. The predicted molar refractivity (Wildman–Crippen MR) is 71.0 cm³/mol. The highest BCUT2D eigenvalue weighted by atomic mass is 32.2. The van der Waals surface area contributed by atoms with Gasteiger partial charge >= 0.3 is 11.3 Å². The van der Waals surface area contributed by atoms with Crippen molar-refractivity contribution >= 4 is 23.2 Å². The monoisotopic (exact) mass is 285 g/mol. The lowest BCUT2D eigenvalue weighted by atomic mass is 10.2. The molecule has 0 fully saturated rings. The summed E-state index contributed by atoms with van der Waals surface area (Å²) >= 11 is 0.905. The van der Waals surface area contributed by atoms with Crippen LogP contribution in [0.25, 0.3) is 0 Å². The van der Waals surface area contributed by atoms with E-state index in [9.17, 15) is 9.59 Å². The van der Waals surface area contributed by atoms with Crippen molar-refractivity contribution < 1.29 is 23.8 Å². The molecule has 0 bridgehead atoms. The average molecular weight is 285 g/mol. The molecule has 0 spiro atoms. The summed E-state index contributed by atoms with van der Waals surface area (Å²) in [5.74, 6) is -0.207. The largest absolute Gasteiger partial charge is 0.465 e. The van der Waals surface area contributed by atoms with Crippen molar-refractivity contribution in [1.82, 2.24) is 4.31 Å². The molecule has 0 radical (unpaired) electrons. The molecule has 1 rings (SSSR count). The minimum Gasteiger partial charge on any atom is -0.465 e. The number of benzene rings is 1. The number of carbonyl (C=O) groups excluding carboxylic acids is 2. The van der Waals surface area contributed by atoms with Gasteiger partial charge in [-0.1, -0.05) is 12.1 Å². The van der Waals surface area contributed by atoms with E-state index in [0.29, 0.717) is 5.75 Å². The van der Waals surface area contributed by atoms with Crippen LogP contribution >= 0.6 is 11.9 Å². The molecule has 0 N–H and O–H groups in total. The highest BCUT2D eigenvalue weighted by molar-refractivity contribution is 8.11. The Morgan fingerprint density at radius 2 is 1.95 bits per heavy atom. The van der Waals surface area contributed by atoms with Gasteiger partial charge in [0.05, 0.1) is 7.11 Å². The van der Waals surface area contributed by atoms with Gasteiger partial charge in [-0.25, -0.2) is 13.9 Å². The van der Waals surface area contributed by atoms with Crippen LogP contribution in [0.3, 0.4) is 0 Å². The fraction of sp³-hybridized carbons (Fsp3) is 0.333. The minimum absolute atomic E-state index is 0.270. The molecule has 19 heavy (non-hydrogen) atoms.